The fraction of sp³-hybridized carbons (Fsp3) is 0.889. The second-order valence-electron chi connectivity index (χ2n) is 4.48. The summed E-state index contributed by atoms with van der Waals surface area (Å²) in [6.07, 6.45) is 1.90. The molecule has 0 unspecified atom stereocenters. The second-order valence-corrected chi connectivity index (χ2v) is 8.83. The first-order valence-corrected chi connectivity index (χ1v) is 9.17. The van der Waals surface area contributed by atoms with Gasteiger partial charge in [0.15, 0.2) is 0 Å². The number of piperidine rings is 1. The van der Waals surface area contributed by atoms with Crippen LogP contribution in [0.5, 0.6) is 0 Å². The average Bonchev–Trinajstić information content (AvgIpc) is 2.26. The van der Waals surface area contributed by atoms with E-state index in [-0.39, 0.29) is 13.1 Å². The summed E-state index contributed by atoms with van der Waals surface area (Å²) >= 11 is 0. The van der Waals surface area contributed by atoms with Crippen LogP contribution >= 0.6 is 0 Å². The van der Waals surface area contributed by atoms with Gasteiger partial charge in [0.05, 0.1) is 17.4 Å². The standard InChI is InChI=1S/C9H17NO6S2/c1-17(13,14)5-6-18(15,16)10-4-2-3-8(7-10)9(11)12/h8H,2-7H2,1H3,(H,11,12)/t8-/m1/s1. The van der Waals surface area contributed by atoms with Gasteiger partial charge in [-0.15, -0.1) is 0 Å². The summed E-state index contributed by atoms with van der Waals surface area (Å²) < 4.78 is 46.7. The number of rotatable bonds is 5. The van der Waals surface area contributed by atoms with Crippen LogP contribution in [0.2, 0.25) is 0 Å². The molecule has 9 heteroatoms. The van der Waals surface area contributed by atoms with Crippen molar-refractivity contribution in [3.8, 4) is 0 Å². The summed E-state index contributed by atoms with van der Waals surface area (Å²) in [4.78, 5) is 10.8. The lowest BCUT2D eigenvalue weighted by atomic mass is 10.0. The molecule has 1 aliphatic heterocycles. The van der Waals surface area contributed by atoms with Crippen molar-refractivity contribution in [2.45, 2.75) is 12.8 Å². The predicted octanol–water partition coefficient (Wildman–Crippen LogP) is -0.843. The van der Waals surface area contributed by atoms with Crippen molar-refractivity contribution in [2.24, 2.45) is 5.92 Å². The van der Waals surface area contributed by atoms with Crippen molar-refractivity contribution < 1.29 is 26.7 Å². The van der Waals surface area contributed by atoms with Gasteiger partial charge in [-0.1, -0.05) is 0 Å². The van der Waals surface area contributed by atoms with E-state index in [0.29, 0.717) is 12.8 Å². The number of carbonyl (C=O) groups is 1. The van der Waals surface area contributed by atoms with Crippen molar-refractivity contribution in [3.05, 3.63) is 0 Å². The second kappa shape index (κ2) is 5.54. The number of carboxylic acid groups (broad SMARTS) is 1. The highest BCUT2D eigenvalue weighted by atomic mass is 32.2. The molecule has 1 aliphatic rings. The van der Waals surface area contributed by atoms with Gasteiger partial charge in [0, 0.05) is 19.3 Å². The Morgan fingerprint density at radius 3 is 2.39 bits per heavy atom. The van der Waals surface area contributed by atoms with E-state index in [1.165, 1.54) is 0 Å². The lowest BCUT2D eigenvalue weighted by Crippen LogP contribution is -2.44. The molecule has 1 rings (SSSR count). The van der Waals surface area contributed by atoms with Gasteiger partial charge in [-0.05, 0) is 12.8 Å². The predicted molar refractivity (Wildman–Crippen MR) is 65.4 cm³/mol. The molecule has 1 fully saturated rings. The Balaban J connectivity index is 2.70. The maximum Gasteiger partial charge on any atom is 0.307 e. The molecule has 1 N–H and O–H groups in total. The summed E-state index contributed by atoms with van der Waals surface area (Å²) in [6.45, 7) is 0.192. The van der Waals surface area contributed by atoms with E-state index >= 15 is 0 Å². The zero-order valence-electron chi connectivity index (χ0n) is 10.1. The lowest BCUT2D eigenvalue weighted by Gasteiger charge is -2.29. The average molecular weight is 299 g/mol. The first-order valence-electron chi connectivity index (χ1n) is 5.50. The van der Waals surface area contributed by atoms with Crippen molar-refractivity contribution in [1.82, 2.24) is 4.31 Å². The minimum Gasteiger partial charge on any atom is -0.481 e. The van der Waals surface area contributed by atoms with Crippen LogP contribution in [0.4, 0.5) is 0 Å². The molecular formula is C9H17NO6S2. The van der Waals surface area contributed by atoms with Crippen LogP contribution in [-0.4, -0.2) is 63.1 Å². The fourth-order valence-electron chi connectivity index (χ4n) is 1.78. The highest BCUT2D eigenvalue weighted by Crippen LogP contribution is 2.19. The third-order valence-corrected chi connectivity index (χ3v) is 5.88. The quantitative estimate of drug-likeness (QED) is 0.709. The summed E-state index contributed by atoms with van der Waals surface area (Å²) in [5.74, 6) is -2.65. The van der Waals surface area contributed by atoms with E-state index in [1.54, 1.807) is 0 Å². The molecule has 7 nitrogen and oxygen atoms in total. The Morgan fingerprint density at radius 2 is 1.89 bits per heavy atom. The molecule has 0 saturated carbocycles. The van der Waals surface area contributed by atoms with Crippen LogP contribution in [0.3, 0.4) is 0 Å². The summed E-state index contributed by atoms with van der Waals surface area (Å²) in [6, 6.07) is 0. The first kappa shape index (κ1) is 15.4. The minimum absolute atomic E-state index is 0.0680. The summed E-state index contributed by atoms with van der Waals surface area (Å²) in [5, 5.41) is 8.86. The van der Waals surface area contributed by atoms with Crippen LogP contribution in [0, 0.1) is 5.92 Å². The van der Waals surface area contributed by atoms with Crippen molar-refractivity contribution >= 4 is 25.8 Å². The number of nitrogens with zero attached hydrogens (tertiary/aromatic N) is 1. The number of sulfonamides is 1. The van der Waals surface area contributed by atoms with Crippen molar-refractivity contribution in [2.75, 3.05) is 30.9 Å². The smallest absolute Gasteiger partial charge is 0.307 e. The van der Waals surface area contributed by atoms with E-state index in [1.807, 2.05) is 0 Å². The largest absolute Gasteiger partial charge is 0.481 e. The molecule has 0 aromatic carbocycles. The number of sulfone groups is 1. The van der Waals surface area contributed by atoms with Crippen LogP contribution < -0.4 is 0 Å². The molecule has 0 aliphatic carbocycles. The van der Waals surface area contributed by atoms with Gasteiger partial charge in [0.1, 0.15) is 9.84 Å². The topological polar surface area (TPSA) is 109 Å². The Morgan fingerprint density at radius 1 is 1.28 bits per heavy atom. The number of carboxylic acids is 1. The van der Waals surface area contributed by atoms with Gasteiger partial charge in [-0.2, -0.15) is 0 Å². The van der Waals surface area contributed by atoms with Crippen molar-refractivity contribution in [3.63, 3.8) is 0 Å². The number of aliphatic carboxylic acids is 1. The minimum atomic E-state index is -3.69. The molecule has 106 valence electrons. The lowest BCUT2D eigenvalue weighted by molar-refractivity contribution is -0.142. The van der Waals surface area contributed by atoms with Crippen LogP contribution in [-0.2, 0) is 24.7 Å². The van der Waals surface area contributed by atoms with Gasteiger partial charge in [0.25, 0.3) is 0 Å². The molecule has 0 radical (unpaired) electrons. The highest BCUT2D eigenvalue weighted by Gasteiger charge is 2.32. The molecule has 0 spiro atoms. The van der Waals surface area contributed by atoms with E-state index < -0.39 is 43.3 Å². The van der Waals surface area contributed by atoms with Crippen LogP contribution in [0.25, 0.3) is 0 Å². The SMILES string of the molecule is CS(=O)(=O)CCS(=O)(=O)N1CCC[C@@H](C(=O)O)C1. The maximum atomic E-state index is 11.9. The Hall–Kier alpha value is -0.670. The summed E-state index contributed by atoms with van der Waals surface area (Å²) in [5.41, 5.74) is 0. The molecule has 1 saturated heterocycles. The first-order chi connectivity index (χ1) is 8.12. The molecular weight excluding hydrogens is 282 g/mol. The Bertz CT molecular complexity index is 509. The molecule has 1 heterocycles. The molecule has 0 bridgehead atoms. The van der Waals surface area contributed by atoms with Gasteiger partial charge >= 0.3 is 5.97 Å². The Kier molecular flexibility index (Phi) is 4.73. The third-order valence-electron chi connectivity index (χ3n) is 2.84. The van der Waals surface area contributed by atoms with Crippen LogP contribution in [0.15, 0.2) is 0 Å². The van der Waals surface area contributed by atoms with Crippen molar-refractivity contribution in [1.29, 1.82) is 0 Å². The van der Waals surface area contributed by atoms with E-state index in [2.05, 4.69) is 0 Å². The monoisotopic (exact) mass is 299 g/mol. The normalized spacial score (nSPS) is 22.8. The number of hydrogen-bond acceptors (Lipinski definition) is 5. The van der Waals surface area contributed by atoms with Gasteiger partial charge in [-0.25, -0.2) is 21.1 Å². The molecule has 0 aromatic rings. The summed E-state index contributed by atoms with van der Waals surface area (Å²) in [7, 11) is -7.04. The van der Waals surface area contributed by atoms with E-state index in [0.717, 1.165) is 10.6 Å². The number of hydrogen-bond donors (Lipinski definition) is 1. The Labute approximate surface area is 107 Å². The zero-order valence-corrected chi connectivity index (χ0v) is 11.7. The van der Waals surface area contributed by atoms with E-state index in [9.17, 15) is 21.6 Å². The third kappa shape index (κ3) is 4.54. The highest BCUT2D eigenvalue weighted by molar-refractivity contribution is 7.93. The van der Waals surface area contributed by atoms with Crippen LogP contribution in [0.1, 0.15) is 12.8 Å². The molecule has 0 amide bonds. The van der Waals surface area contributed by atoms with Gasteiger partial charge < -0.3 is 5.11 Å². The molecule has 18 heavy (non-hydrogen) atoms. The van der Waals surface area contributed by atoms with E-state index in [4.69, 9.17) is 5.11 Å². The van der Waals surface area contributed by atoms with Gasteiger partial charge in [0.2, 0.25) is 10.0 Å². The zero-order chi connectivity index (χ0) is 14.0. The molecule has 1 atom stereocenters. The van der Waals surface area contributed by atoms with Gasteiger partial charge in [-0.3, -0.25) is 4.79 Å². The fourth-order valence-corrected chi connectivity index (χ4v) is 4.91. The molecule has 0 aromatic heterocycles. The maximum absolute atomic E-state index is 11.9.